The minimum atomic E-state index is -1.01. The second kappa shape index (κ2) is 3.81. The molecule has 1 saturated carbocycles. The van der Waals surface area contributed by atoms with Crippen LogP contribution in [0.15, 0.2) is 22.8 Å². The molecule has 82 valence electrons. The minimum absolute atomic E-state index is 0.00935. The van der Waals surface area contributed by atoms with Crippen LogP contribution in [0.3, 0.4) is 0 Å². The number of carbonyl (C=O) groups excluding carboxylic acids is 1. The van der Waals surface area contributed by atoms with Gasteiger partial charge in [-0.2, -0.15) is 0 Å². The van der Waals surface area contributed by atoms with Gasteiger partial charge in [0.2, 0.25) is 0 Å². The molecule has 1 aromatic heterocycles. The summed E-state index contributed by atoms with van der Waals surface area (Å²) >= 11 is 0. The Kier molecular flexibility index (Phi) is 2.65. The molecular weight excluding hydrogens is 192 g/mol. The van der Waals surface area contributed by atoms with Gasteiger partial charge in [-0.1, -0.05) is 0 Å². The molecule has 1 aliphatic carbocycles. The van der Waals surface area contributed by atoms with E-state index >= 15 is 0 Å². The van der Waals surface area contributed by atoms with Crippen molar-refractivity contribution in [2.24, 2.45) is 5.92 Å². The molecule has 0 amide bonds. The van der Waals surface area contributed by atoms with Crippen molar-refractivity contribution in [3.05, 3.63) is 24.2 Å². The smallest absolute Gasteiger partial charge is 0.135 e. The summed E-state index contributed by atoms with van der Waals surface area (Å²) in [5, 5.41) is 10.4. The van der Waals surface area contributed by atoms with Crippen LogP contribution in [0.2, 0.25) is 0 Å². The first-order chi connectivity index (χ1) is 7.10. The van der Waals surface area contributed by atoms with E-state index in [4.69, 9.17) is 4.42 Å². The second-order valence-electron chi connectivity index (χ2n) is 4.46. The summed E-state index contributed by atoms with van der Waals surface area (Å²) in [7, 11) is 0. The van der Waals surface area contributed by atoms with Crippen molar-refractivity contribution >= 4 is 5.78 Å². The van der Waals surface area contributed by atoms with Gasteiger partial charge in [0, 0.05) is 18.8 Å². The van der Waals surface area contributed by atoms with Crippen LogP contribution < -0.4 is 0 Å². The number of ketones is 1. The van der Waals surface area contributed by atoms with E-state index in [9.17, 15) is 9.90 Å². The molecule has 0 aliphatic heterocycles. The van der Waals surface area contributed by atoms with E-state index in [-0.39, 0.29) is 11.7 Å². The predicted octanol–water partition coefficient (Wildman–Crippen LogP) is 2.25. The van der Waals surface area contributed by atoms with Gasteiger partial charge in [-0.05, 0) is 31.9 Å². The highest BCUT2D eigenvalue weighted by atomic mass is 16.4. The molecule has 1 unspecified atom stereocenters. The van der Waals surface area contributed by atoms with E-state index in [1.807, 2.05) is 0 Å². The normalized spacial score (nSPS) is 26.3. The summed E-state index contributed by atoms with van der Waals surface area (Å²) in [5.41, 5.74) is -1.01. The highest BCUT2D eigenvalue weighted by Crippen LogP contribution is 2.37. The third-order valence-electron chi connectivity index (χ3n) is 3.30. The van der Waals surface area contributed by atoms with E-state index < -0.39 is 5.60 Å². The van der Waals surface area contributed by atoms with Gasteiger partial charge in [-0.15, -0.1) is 0 Å². The van der Waals surface area contributed by atoms with Gasteiger partial charge in [0.25, 0.3) is 0 Å². The number of aliphatic hydroxyl groups is 1. The molecule has 15 heavy (non-hydrogen) atoms. The van der Waals surface area contributed by atoms with Gasteiger partial charge in [0.05, 0.1) is 6.26 Å². The molecule has 1 heterocycles. The van der Waals surface area contributed by atoms with Gasteiger partial charge in [0.15, 0.2) is 0 Å². The van der Waals surface area contributed by atoms with E-state index in [1.54, 1.807) is 25.3 Å². The fourth-order valence-corrected chi connectivity index (χ4v) is 2.27. The molecule has 2 atom stereocenters. The number of furan rings is 1. The molecular formula is C12H16O3. The second-order valence-corrected chi connectivity index (χ2v) is 4.46. The lowest BCUT2D eigenvalue weighted by Crippen LogP contribution is -2.35. The van der Waals surface area contributed by atoms with Crippen molar-refractivity contribution in [1.82, 2.24) is 0 Å². The van der Waals surface area contributed by atoms with Crippen LogP contribution in [0.4, 0.5) is 0 Å². The number of Topliss-reactive ketones (excluding diaryl/α,β-unsaturated/α-hetero) is 1. The van der Waals surface area contributed by atoms with Crippen LogP contribution >= 0.6 is 0 Å². The molecule has 0 spiro atoms. The quantitative estimate of drug-likeness (QED) is 0.810. The Bertz CT molecular complexity index is 338. The average molecular weight is 208 g/mol. The van der Waals surface area contributed by atoms with E-state index in [2.05, 4.69) is 0 Å². The van der Waals surface area contributed by atoms with Crippen LogP contribution in [0.1, 0.15) is 38.4 Å². The third-order valence-corrected chi connectivity index (χ3v) is 3.30. The molecule has 1 aliphatic rings. The summed E-state index contributed by atoms with van der Waals surface area (Å²) < 4.78 is 5.23. The standard InChI is InChI=1S/C12H16O3/c1-12(14,11-6-3-7-15-11)9-4-2-5-10(13)8-9/h3,6-7,9,14H,2,4-5,8H2,1H3/t9-,12?/m0/s1. The lowest BCUT2D eigenvalue weighted by Gasteiger charge is -2.33. The zero-order chi connectivity index (χ0) is 10.9. The van der Waals surface area contributed by atoms with Crippen molar-refractivity contribution in [2.45, 2.75) is 38.2 Å². The third kappa shape index (κ3) is 1.97. The van der Waals surface area contributed by atoms with Crippen molar-refractivity contribution in [3.8, 4) is 0 Å². The number of hydrogen-bond acceptors (Lipinski definition) is 3. The fraction of sp³-hybridized carbons (Fsp3) is 0.583. The van der Waals surface area contributed by atoms with Crippen LogP contribution in [0.25, 0.3) is 0 Å². The van der Waals surface area contributed by atoms with Crippen molar-refractivity contribution in [2.75, 3.05) is 0 Å². The topological polar surface area (TPSA) is 50.4 Å². The maximum atomic E-state index is 11.3. The molecule has 2 rings (SSSR count). The molecule has 1 fully saturated rings. The van der Waals surface area contributed by atoms with Crippen LogP contribution in [0.5, 0.6) is 0 Å². The Balaban J connectivity index is 2.18. The lowest BCUT2D eigenvalue weighted by molar-refractivity contribution is -0.126. The summed E-state index contributed by atoms with van der Waals surface area (Å²) in [6, 6.07) is 3.52. The molecule has 0 bridgehead atoms. The Morgan fingerprint density at radius 1 is 1.60 bits per heavy atom. The zero-order valence-electron chi connectivity index (χ0n) is 8.90. The highest BCUT2D eigenvalue weighted by molar-refractivity contribution is 5.79. The Morgan fingerprint density at radius 3 is 3.00 bits per heavy atom. The number of hydrogen-bond donors (Lipinski definition) is 1. The molecule has 0 aromatic carbocycles. The molecule has 3 heteroatoms. The predicted molar refractivity (Wildman–Crippen MR) is 55.2 cm³/mol. The van der Waals surface area contributed by atoms with Crippen LogP contribution in [-0.2, 0) is 10.4 Å². The summed E-state index contributed by atoms with van der Waals surface area (Å²) in [4.78, 5) is 11.3. The molecule has 3 nitrogen and oxygen atoms in total. The first kappa shape index (κ1) is 10.4. The first-order valence-electron chi connectivity index (χ1n) is 5.39. The molecule has 0 radical (unpaired) electrons. The molecule has 0 saturated heterocycles. The van der Waals surface area contributed by atoms with Crippen molar-refractivity contribution < 1.29 is 14.3 Å². The van der Waals surface area contributed by atoms with Gasteiger partial charge in [0.1, 0.15) is 17.1 Å². The van der Waals surface area contributed by atoms with Gasteiger partial charge >= 0.3 is 0 Å². The summed E-state index contributed by atoms with van der Waals surface area (Å²) in [6.07, 6.45) is 4.44. The molecule has 1 N–H and O–H groups in total. The van der Waals surface area contributed by atoms with Gasteiger partial charge < -0.3 is 9.52 Å². The van der Waals surface area contributed by atoms with Gasteiger partial charge in [-0.3, -0.25) is 4.79 Å². The monoisotopic (exact) mass is 208 g/mol. The van der Waals surface area contributed by atoms with E-state index in [0.717, 1.165) is 12.8 Å². The maximum absolute atomic E-state index is 11.3. The van der Waals surface area contributed by atoms with Crippen molar-refractivity contribution in [1.29, 1.82) is 0 Å². The Labute approximate surface area is 89.1 Å². The zero-order valence-corrected chi connectivity index (χ0v) is 8.90. The van der Waals surface area contributed by atoms with Crippen LogP contribution in [0, 0.1) is 5.92 Å². The SMILES string of the molecule is CC(O)(c1ccco1)[C@H]1CCCC(=O)C1. The largest absolute Gasteiger partial charge is 0.466 e. The Hall–Kier alpha value is -1.09. The Morgan fingerprint density at radius 2 is 2.40 bits per heavy atom. The van der Waals surface area contributed by atoms with Gasteiger partial charge in [-0.25, -0.2) is 0 Å². The summed E-state index contributed by atoms with van der Waals surface area (Å²) in [5.74, 6) is 0.796. The van der Waals surface area contributed by atoms with E-state index in [0.29, 0.717) is 18.6 Å². The maximum Gasteiger partial charge on any atom is 0.135 e. The number of rotatable bonds is 2. The minimum Gasteiger partial charge on any atom is -0.466 e. The fourth-order valence-electron chi connectivity index (χ4n) is 2.27. The van der Waals surface area contributed by atoms with Crippen LogP contribution in [-0.4, -0.2) is 10.9 Å². The first-order valence-corrected chi connectivity index (χ1v) is 5.39. The summed E-state index contributed by atoms with van der Waals surface area (Å²) in [6.45, 7) is 1.73. The van der Waals surface area contributed by atoms with Crippen molar-refractivity contribution in [3.63, 3.8) is 0 Å². The lowest BCUT2D eigenvalue weighted by atomic mass is 9.76. The average Bonchev–Trinajstić information content (AvgIpc) is 2.71. The number of carbonyl (C=O) groups is 1. The van der Waals surface area contributed by atoms with E-state index in [1.165, 1.54) is 0 Å². The molecule has 1 aromatic rings. The highest BCUT2D eigenvalue weighted by Gasteiger charge is 2.38.